The standard InChI is InChI=1S/C18H19ClN2O4/c1-2-20-16(22)12-6-5-11(19)8-13(12)21-17(23)14-9-3-4-10(7-9)15(14)18(24)25/h3-6,8-10,14-15H,2,7H2,1H3,(H,20,22)(H,21,23)(H,24,25)/t9-,10-,14+,15-/m0/s1. The third-order valence-corrected chi connectivity index (χ3v) is 5.10. The lowest BCUT2D eigenvalue weighted by atomic mass is 9.82. The number of benzene rings is 1. The van der Waals surface area contributed by atoms with Gasteiger partial charge < -0.3 is 15.7 Å². The van der Waals surface area contributed by atoms with Crippen LogP contribution in [0.15, 0.2) is 30.4 Å². The quantitative estimate of drug-likeness (QED) is 0.701. The summed E-state index contributed by atoms with van der Waals surface area (Å²) in [5.74, 6) is -3.25. The Kier molecular flexibility index (Phi) is 4.81. The summed E-state index contributed by atoms with van der Waals surface area (Å²) in [5, 5.41) is 15.3. The zero-order valence-electron chi connectivity index (χ0n) is 13.7. The van der Waals surface area contributed by atoms with E-state index in [4.69, 9.17) is 11.6 Å². The number of allylic oxidation sites excluding steroid dienone is 2. The van der Waals surface area contributed by atoms with Crippen LogP contribution in [0.3, 0.4) is 0 Å². The molecule has 0 aromatic heterocycles. The molecule has 2 amide bonds. The summed E-state index contributed by atoms with van der Waals surface area (Å²) < 4.78 is 0. The number of fused-ring (bicyclic) bond motifs is 2. The smallest absolute Gasteiger partial charge is 0.307 e. The van der Waals surface area contributed by atoms with Gasteiger partial charge in [0.1, 0.15) is 0 Å². The minimum Gasteiger partial charge on any atom is -0.481 e. The van der Waals surface area contributed by atoms with Crippen LogP contribution in [0.1, 0.15) is 23.7 Å². The van der Waals surface area contributed by atoms with Crippen molar-refractivity contribution in [3.63, 3.8) is 0 Å². The van der Waals surface area contributed by atoms with Crippen molar-refractivity contribution in [2.45, 2.75) is 13.3 Å². The third kappa shape index (κ3) is 3.26. The van der Waals surface area contributed by atoms with Crippen LogP contribution in [-0.4, -0.2) is 29.4 Å². The molecule has 1 fully saturated rings. The normalized spacial score (nSPS) is 26.5. The number of aliphatic carboxylic acids is 1. The van der Waals surface area contributed by atoms with Crippen LogP contribution in [0.5, 0.6) is 0 Å². The molecule has 2 aliphatic rings. The zero-order valence-corrected chi connectivity index (χ0v) is 14.4. The van der Waals surface area contributed by atoms with Crippen LogP contribution in [0.4, 0.5) is 5.69 Å². The van der Waals surface area contributed by atoms with Gasteiger partial charge in [-0.3, -0.25) is 14.4 Å². The van der Waals surface area contributed by atoms with Gasteiger partial charge in [-0.15, -0.1) is 0 Å². The number of carbonyl (C=O) groups excluding carboxylic acids is 2. The average molecular weight is 363 g/mol. The lowest BCUT2D eigenvalue weighted by molar-refractivity contribution is -0.146. The van der Waals surface area contributed by atoms with E-state index in [1.807, 2.05) is 12.2 Å². The molecule has 132 valence electrons. The monoisotopic (exact) mass is 362 g/mol. The highest BCUT2D eigenvalue weighted by Gasteiger charge is 2.51. The number of hydrogen-bond donors (Lipinski definition) is 3. The summed E-state index contributed by atoms with van der Waals surface area (Å²) >= 11 is 6.00. The van der Waals surface area contributed by atoms with Gasteiger partial charge in [-0.25, -0.2) is 0 Å². The maximum Gasteiger partial charge on any atom is 0.307 e. The number of anilines is 1. The van der Waals surface area contributed by atoms with E-state index < -0.39 is 23.7 Å². The van der Waals surface area contributed by atoms with Crippen molar-refractivity contribution in [1.29, 1.82) is 0 Å². The number of amides is 2. The molecule has 1 saturated carbocycles. The van der Waals surface area contributed by atoms with E-state index in [1.165, 1.54) is 6.07 Å². The van der Waals surface area contributed by atoms with E-state index in [9.17, 15) is 19.5 Å². The van der Waals surface area contributed by atoms with Gasteiger partial charge in [0.15, 0.2) is 0 Å². The minimum absolute atomic E-state index is 0.0850. The molecule has 4 atom stereocenters. The first-order chi connectivity index (χ1) is 11.9. The Balaban J connectivity index is 1.86. The van der Waals surface area contributed by atoms with Crippen LogP contribution in [0.2, 0.25) is 5.02 Å². The van der Waals surface area contributed by atoms with E-state index in [-0.39, 0.29) is 17.7 Å². The molecule has 7 heteroatoms. The first kappa shape index (κ1) is 17.5. The Hall–Kier alpha value is -2.34. The molecule has 0 unspecified atom stereocenters. The highest BCUT2D eigenvalue weighted by atomic mass is 35.5. The summed E-state index contributed by atoms with van der Waals surface area (Å²) in [5.41, 5.74) is 0.588. The summed E-state index contributed by atoms with van der Waals surface area (Å²) in [7, 11) is 0. The van der Waals surface area contributed by atoms with Crippen molar-refractivity contribution in [3.05, 3.63) is 40.9 Å². The highest BCUT2D eigenvalue weighted by molar-refractivity contribution is 6.31. The van der Waals surface area contributed by atoms with Crippen molar-refractivity contribution in [2.75, 3.05) is 11.9 Å². The van der Waals surface area contributed by atoms with Crippen LogP contribution >= 0.6 is 11.6 Å². The van der Waals surface area contributed by atoms with Crippen molar-refractivity contribution in [1.82, 2.24) is 5.32 Å². The SMILES string of the molecule is CCNC(=O)c1ccc(Cl)cc1NC(=O)[C@H]1[C@@H](C(=O)O)[C@H]2C=C[C@H]1C2. The van der Waals surface area contributed by atoms with Gasteiger partial charge >= 0.3 is 5.97 Å². The number of hydrogen-bond acceptors (Lipinski definition) is 3. The molecule has 2 aliphatic carbocycles. The maximum absolute atomic E-state index is 12.8. The molecular formula is C18H19ClN2O4. The Morgan fingerprint density at radius 2 is 1.88 bits per heavy atom. The van der Waals surface area contributed by atoms with Gasteiger partial charge in [0, 0.05) is 11.6 Å². The van der Waals surface area contributed by atoms with Gasteiger partial charge in [0.2, 0.25) is 5.91 Å². The number of carboxylic acid groups (broad SMARTS) is 1. The number of nitrogens with one attached hydrogen (secondary N) is 2. The van der Waals surface area contributed by atoms with Gasteiger partial charge in [-0.2, -0.15) is 0 Å². The van der Waals surface area contributed by atoms with Crippen molar-refractivity contribution in [3.8, 4) is 0 Å². The summed E-state index contributed by atoms with van der Waals surface area (Å²) in [6.45, 7) is 2.25. The minimum atomic E-state index is -0.966. The molecular weight excluding hydrogens is 344 g/mol. The first-order valence-corrected chi connectivity index (χ1v) is 8.60. The Morgan fingerprint density at radius 1 is 1.20 bits per heavy atom. The predicted octanol–water partition coefficient (Wildman–Crippen LogP) is 2.55. The topological polar surface area (TPSA) is 95.5 Å². The van der Waals surface area contributed by atoms with E-state index in [1.54, 1.807) is 19.1 Å². The largest absolute Gasteiger partial charge is 0.481 e. The second kappa shape index (κ2) is 6.88. The van der Waals surface area contributed by atoms with E-state index in [0.717, 1.165) is 0 Å². The molecule has 3 rings (SSSR count). The van der Waals surface area contributed by atoms with Gasteiger partial charge in [0.05, 0.1) is 23.1 Å². The molecule has 6 nitrogen and oxygen atoms in total. The Bertz CT molecular complexity index is 761. The third-order valence-electron chi connectivity index (χ3n) is 4.87. The highest BCUT2D eigenvalue weighted by Crippen LogP contribution is 2.48. The maximum atomic E-state index is 12.8. The summed E-state index contributed by atoms with van der Waals surface area (Å²) in [6, 6.07) is 4.61. The first-order valence-electron chi connectivity index (χ1n) is 8.22. The fraction of sp³-hybridized carbons (Fsp3) is 0.389. The molecule has 0 saturated heterocycles. The number of halogens is 1. The fourth-order valence-electron chi connectivity index (χ4n) is 3.81. The summed E-state index contributed by atoms with van der Waals surface area (Å²) in [6.07, 6.45) is 4.47. The van der Waals surface area contributed by atoms with Crippen LogP contribution < -0.4 is 10.6 Å². The van der Waals surface area contributed by atoms with Crippen LogP contribution in [0, 0.1) is 23.7 Å². The zero-order chi connectivity index (χ0) is 18.1. The molecule has 0 aliphatic heterocycles. The van der Waals surface area contributed by atoms with Gasteiger partial charge in [-0.1, -0.05) is 23.8 Å². The number of carbonyl (C=O) groups is 3. The van der Waals surface area contributed by atoms with Gasteiger partial charge in [-0.05, 0) is 43.4 Å². The molecule has 0 radical (unpaired) electrons. The van der Waals surface area contributed by atoms with Crippen molar-refractivity contribution < 1.29 is 19.5 Å². The van der Waals surface area contributed by atoms with Crippen LogP contribution in [0.25, 0.3) is 0 Å². The lowest BCUT2D eigenvalue weighted by Crippen LogP contribution is -2.37. The number of carboxylic acids is 1. The number of rotatable bonds is 5. The molecule has 0 heterocycles. The van der Waals surface area contributed by atoms with E-state index in [2.05, 4.69) is 10.6 Å². The summed E-state index contributed by atoms with van der Waals surface area (Å²) in [4.78, 5) is 36.5. The van der Waals surface area contributed by atoms with Crippen molar-refractivity contribution >= 4 is 35.1 Å². The van der Waals surface area contributed by atoms with E-state index >= 15 is 0 Å². The van der Waals surface area contributed by atoms with E-state index in [0.29, 0.717) is 29.2 Å². The lowest BCUT2D eigenvalue weighted by Gasteiger charge is -2.24. The second-order valence-corrected chi connectivity index (χ2v) is 6.81. The van der Waals surface area contributed by atoms with Gasteiger partial charge in [0.25, 0.3) is 5.91 Å². The molecule has 2 bridgehead atoms. The molecule has 1 aromatic carbocycles. The molecule has 3 N–H and O–H groups in total. The second-order valence-electron chi connectivity index (χ2n) is 6.38. The Morgan fingerprint density at radius 3 is 2.52 bits per heavy atom. The average Bonchev–Trinajstić information content (AvgIpc) is 3.16. The van der Waals surface area contributed by atoms with Crippen molar-refractivity contribution in [2.24, 2.45) is 23.7 Å². The molecule has 25 heavy (non-hydrogen) atoms. The molecule has 1 aromatic rings. The molecule has 0 spiro atoms. The fourth-order valence-corrected chi connectivity index (χ4v) is 3.98. The predicted molar refractivity (Wildman–Crippen MR) is 93.4 cm³/mol. The van der Waals surface area contributed by atoms with Crippen LogP contribution in [-0.2, 0) is 9.59 Å². The Labute approximate surface area is 150 Å².